The van der Waals surface area contributed by atoms with Crippen molar-refractivity contribution in [3.8, 4) is 0 Å². The Bertz CT molecular complexity index is 508. The number of rotatable bonds is 3. The Kier molecular flexibility index (Phi) is 3.46. The molecule has 94 valence electrons. The summed E-state index contributed by atoms with van der Waals surface area (Å²) in [6.45, 7) is 2.55. The van der Waals surface area contributed by atoms with Crippen molar-refractivity contribution in [2.45, 2.75) is 19.4 Å². The molecule has 2 rings (SSSR count). The minimum Gasteiger partial charge on any atom is -0.478 e. The minimum atomic E-state index is -1.07. The quantitative estimate of drug-likeness (QED) is 0.830. The van der Waals surface area contributed by atoms with Gasteiger partial charge >= 0.3 is 5.97 Å². The number of carbonyl (C=O) groups is 2. The molecule has 0 aliphatic carbocycles. The van der Waals surface area contributed by atoms with Crippen LogP contribution >= 0.6 is 0 Å². The molecule has 1 aliphatic heterocycles. The van der Waals surface area contributed by atoms with Gasteiger partial charge in [0.25, 0.3) is 5.91 Å². The van der Waals surface area contributed by atoms with Crippen LogP contribution in [-0.4, -0.2) is 34.5 Å². The van der Waals surface area contributed by atoms with Gasteiger partial charge in [-0.25, -0.2) is 4.79 Å². The summed E-state index contributed by atoms with van der Waals surface area (Å²) in [6, 6.07) is 6.40. The molecule has 1 atom stereocenters. The van der Waals surface area contributed by atoms with Crippen molar-refractivity contribution in [3.63, 3.8) is 0 Å². The van der Waals surface area contributed by atoms with E-state index in [-0.39, 0.29) is 23.1 Å². The monoisotopic (exact) mass is 245 g/mol. The number of benzene rings is 1. The summed E-state index contributed by atoms with van der Waals surface area (Å²) in [5.74, 6) is -1.29. The number of carbonyl (C=O) groups excluding carboxylic acids is 1. The van der Waals surface area contributed by atoms with Gasteiger partial charge < -0.3 is 10.0 Å². The van der Waals surface area contributed by atoms with E-state index in [1.54, 1.807) is 23.1 Å². The summed E-state index contributed by atoms with van der Waals surface area (Å²) in [5, 5.41) is 9.09. The van der Waals surface area contributed by atoms with E-state index in [9.17, 15) is 9.59 Å². The van der Waals surface area contributed by atoms with Crippen LogP contribution in [0.15, 0.2) is 36.4 Å². The molecule has 0 saturated carbocycles. The largest absolute Gasteiger partial charge is 0.478 e. The van der Waals surface area contributed by atoms with Gasteiger partial charge in [-0.15, -0.1) is 0 Å². The van der Waals surface area contributed by atoms with Crippen molar-refractivity contribution in [1.82, 2.24) is 4.90 Å². The average molecular weight is 245 g/mol. The van der Waals surface area contributed by atoms with E-state index < -0.39 is 5.97 Å². The van der Waals surface area contributed by atoms with Gasteiger partial charge in [0.15, 0.2) is 0 Å². The third-order valence-corrected chi connectivity index (χ3v) is 3.13. The third-order valence-electron chi connectivity index (χ3n) is 3.13. The van der Waals surface area contributed by atoms with Gasteiger partial charge in [0.2, 0.25) is 0 Å². The highest BCUT2D eigenvalue weighted by molar-refractivity contribution is 6.05. The predicted molar refractivity (Wildman–Crippen MR) is 67.7 cm³/mol. The zero-order chi connectivity index (χ0) is 13.1. The molecule has 1 aromatic rings. The highest BCUT2D eigenvalue weighted by Gasteiger charge is 2.26. The summed E-state index contributed by atoms with van der Waals surface area (Å²) < 4.78 is 0. The molecule has 0 spiro atoms. The number of hydrogen-bond acceptors (Lipinski definition) is 2. The van der Waals surface area contributed by atoms with E-state index in [4.69, 9.17) is 5.11 Å². The Labute approximate surface area is 106 Å². The van der Waals surface area contributed by atoms with Gasteiger partial charge in [-0.3, -0.25) is 4.79 Å². The van der Waals surface area contributed by atoms with Crippen LogP contribution in [0.25, 0.3) is 0 Å². The van der Waals surface area contributed by atoms with E-state index in [1.807, 2.05) is 19.1 Å². The van der Waals surface area contributed by atoms with Crippen LogP contribution in [0.2, 0.25) is 0 Å². The molecule has 0 bridgehead atoms. The van der Waals surface area contributed by atoms with Crippen LogP contribution in [0.3, 0.4) is 0 Å². The maximum Gasteiger partial charge on any atom is 0.336 e. The SMILES string of the molecule is CC[C@@H]1C=CCN1C(=O)c1ccccc1C(=O)O. The molecular weight excluding hydrogens is 230 g/mol. The first-order valence-corrected chi connectivity index (χ1v) is 5.95. The van der Waals surface area contributed by atoms with E-state index in [2.05, 4.69) is 0 Å². The lowest BCUT2D eigenvalue weighted by molar-refractivity contribution is 0.0673. The Morgan fingerprint density at radius 3 is 2.61 bits per heavy atom. The second-order valence-electron chi connectivity index (χ2n) is 4.21. The van der Waals surface area contributed by atoms with Gasteiger partial charge in [-0.1, -0.05) is 31.2 Å². The fourth-order valence-corrected chi connectivity index (χ4v) is 2.17. The second-order valence-corrected chi connectivity index (χ2v) is 4.21. The Hall–Kier alpha value is -2.10. The van der Waals surface area contributed by atoms with Crippen molar-refractivity contribution in [2.75, 3.05) is 6.54 Å². The fourth-order valence-electron chi connectivity index (χ4n) is 2.17. The number of hydrogen-bond donors (Lipinski definition) is 1. The first-order chi connectivity index (χ1) is 8.65. The standard InChI is InChI=1S/C14H15NO3/c1-2-10-6-5-9-15(10)13(16)11-7-3-4-8-12(11)14(17)18/h3-8,10H,2,9H2,1H3,(H,17,18)/t10-/m1/s1. The van der Waals surface area contributed by atoms with Crippen molar-refractivity contribution in [1.29, 1.82) is 0 Å². The first-order valence-electron chi connectivity index (χ1n) is 5.95. The summed E-state index contributed by atoms with van der Waals surface area (Å²) >= 11 is 0. The van der Waals surface area contributed by atoms with Crippen LogP contribution in [0.1, 0.15) is 34.1 Å². The molecular formula is C14H15NO3. The molecule has 0 saturated heterocycles. The van der Waals surface area contributed by atoms with Crippen molar-refractivity contribution < 1.29 is 14.7 Å². The zero-order valence-electron chi connectivity index (χ0n) is 10.2. The summed E-state index contributed by atoms with van der Waals surface area (Å²) in [5.41, 5.74) is 0.316. The number of nitrogens with zero attached hydrogens (tertiary/aromatic N) is 1. The van der Waals surface area contributed by atoms with E-state index in [1.165, 1.54) is 6.07 Å². The molecule has 1 N–H and O–H groups in total. The topological polar surface area (TPSA) is 57.6 Å². The van der Waals surface area contributed by atoms with Crippen LogP contribution < -0.4 is 0 Å². The molecule has 18 heavy (non-hydrogen) atoms. The highest BCUT2D eigenvalue weighted by atomic mass is 16.4. The van der Waals surface area contributed by atoms with Crippen molar-refractivity contribution in [2.24, 2.45) is 0 Å². The highest BCUT2D eigenvalue weighted by Crippen LogP contribution is 2.19. The van der Waals surface area contributed by atoms with Crippen LogP contribution in [0.5, 0.6) is 0 Å². The number of carboxylic acid groups (broad SMARTS) is 1. The van der Waals surface area contributed by atoms with Crippen LogP contribution in [-0.2, 0) is 0 Å². The van der Waals surface area contributed by atoms with Gasteiger partial charge in [0.1, 0.15) is 0 Å². The number of carboxylic acids is 1. The molecule has 1 aliphatic rings. The second kappa shape index (κ2) is 5.04. The fraction of sp³-hybridized carbons (Fsp3) is 0.286. The molecule has 0 radical (unpaired) electrons. The van der Waals surface area contributed by atoms with E-state index >= 15 is 0 Å². The Morgan fingerprint density at radius 2 is 2.00 bits per heavy atom. The average Bonchev–Trinajstić information content (AvgIpc) is 2.86. The summed E-state index contributed by atoms with van der Waals surface area (Å²) in [6.07, 6.45) is 4.76. The normalized spacial score (nSPS) is 18.1. The number of aromatic carboxylic acids is 1. The molecule has 1 aromatic carbocycles. The van der Waals surface area contributed by atoms with Crippen molar-refractivity contribution >= 4 is 11.9 Å². The maximum absolute atomic E-state index is 12.4. The molecule has 0 unspecified atom stereocenters. The molecule has 4 nitrogen and oxygen atoms in total. The summed E-state index contributed by atoms with van der Waals surface area (Å²) in [7, 11) is 0. The minimum absolute atomic E-state index is 0.0595. The van der Waals surface area contributed by atoms with Gasteiger partial charge in [-0.2, -0.15) is 0 Å². The lowest BCUT2D eigenvalue weighted by Gasteiger charge is -2.24. The number of amides is 1. The molecule has 0 aromatic heterocycles. The van der Waals surface area contributed by atoms with Crippen LogP contribution in [0.4, 0.5) is 0 Å². The summed E-state index contributed by atoms with van der Waals surface area (Å²) in [4.78, 5) is 25.2. The first kappa shape index (κ1) is 12.4. The van der Waals surface area contributed by atoms with Gasteiger partial charge in [-0.05, 0) is 18.6 Å². The van der Waals surface area contributed by atoms with E-state index in [0.29, 0.717) is 6.54 Å². The maximum atomic E-state index is 12.4. The van der Waals surface area contributed by atoms with Gasteiger partial charge in [0.05, 0.1) is 17.2 Å². The molecule has 4 heteroatoms. The lowest BCUT2D eigenvalue weighted by atomic mass is 10.1. The van der Waals surface area contributed by atoms with Crippen LogP contribution in [0, 0.1) is 0 Å². The lowest BCUT2D eigenvalue weighted by Crippen LogP contribution is -2.36. The zero-order valence-corrected chi connectivity index (χ0v) is 10.2. The van der Waals surface area contributed by atoms with E-state index in [0.717, 1.165) is 6.42 Å². The predicted octanol–water partition coefficient (Wildman–Crippen LogP) is 2.18. The smallest absolute Gasteiger partial charge is 0.336 e. The Morgan fingerprint density at radius 1 is 1.33 bits per heavy atom. The Balaban J connectivity index is 2.32. The molecule has 1 heterocycles. The van der Waals surface area contributed by atoms with Gasteiger partial charge in [0, 0.05) is 6.54 Å². The molecule has 1 amide bonds. The third kappa shape index (κ3) is 2.14. The van der Waals surface area contributed by atoms with Crippen molar-refractivity contribution in [3.05, 3.63) is 47.5 Å². The molecule has 0 fully saturated rings.